The molecule has 10 heteroatoms. The summed E-state index contributed by atoms with van der Waals surface area (Å²) in [5.74, 6) is -2.46. The fraction of sp³-hybridized carbons (Fsp3) is 0.941. The lowest BCUT2D eigenvalue weighted by atomic mass is 9.74. The smallest absolute Gasteiger partial charge is 0.325 e. The Morgan fingerprint density at radius 3 is 0.744 bits per heavy atom. The number of ether oxygens (including phenoxy) is 2. The van der Waals surface area contributed by atoms with Gasteiger partial charge in [0.25, 0.3) is 0 Å². The van der Waals surface area contributed by atoms with Crippen molar-refractivity contribution in [3.05, 3.63) is 0 Å². The van der Waals surface area contributed by atoms with Gasteiger partial charge in [-0.3, -0.25) is 19.2 Å². The van der Waals surface area contributed by atoms with Crippen molar-refractivity contribution in [3.8, 4) is 0 Å². The third kappa shape index (κ3) is 41.0. The zero-order valence-electron chi connectivity index (χ0n) is 52.7. The van der Waals surface area contributed by atoms with E-state index in [1.165, 1.54) is 256 Å². The maximum absolute atomic E-state index is 16.0. The second kappa shape index (κ2) is 57.7. The highest BCUT2D eigenvalue weighted by Gasteiger charge is 2.57. The van der Waals surface area contributed by atoms with Crippen molar-refractivity contribution in [2.24, 2.45) is 23.3 Å². The Bertz CT molecular complexity index is 1220. The molecule has 0 aromatic carbocycles. The van der Waals surface area contributed by atoms with E-state index in [1.54, 1.807) is 0 Å². The summed E-state index contributed by atoms with van der Waals surface area (Å²) in [4.78, 5) is 58.6. The van der Waals surface area contributed by atoms with E-state index in [0.29, 0.717) is 25.7 Å². The number of ketones is 2. The molecule has 0 rings (SSSR count). The topological polar surface area (TPSA) is 139 Å². The summed E-state index contributed by atoms with van der Waals surface area (Å²) in [6.07, 6.45) is 61.9. The summed E-state index contributed by atoms with van der Waals surface area (Å²) in [5.41, 5.74) is 13.4. The molecule has 0 saturated heterocycles. The standard InChI is InChI=1S/C68H132N2O6S2/c1-7-11-15-19-23-27-31-35-39-43-47-51-55-60(56-52-48-44-40-36-32-28-24-20-16-12-8-2)64(71)68(63(70)67(74)76-6,78-77-59-62(69)66(73)75-5)65(72)61(57-53-49-45-41-37-33-29-25-21-17-13-9-3)58-54-50-46-42-38-34-30-26-22-18-14-10-4/h60-63H,7-59,69-70H2,1-6H3/t62-,63+/m0/s1. The second-order valence-electron chi connectivity index (χ2n) is 24.1. The lowest BCUT2D eigenvalue weighted by Gasteiger charge is -2.39. The quantitative estimate of drug-likeness (QED) is 0.0262. The molecule has 2 atom stereocenters. The minimum atomic E-state index is -1.88. The second-order valence-corrected chi connectivity index (χ2v) is 26.7. The van der Waals surface area contributed by atoms with Gasteiger partial charge in [0, 0.05) is 17.6 Å². The van der Waals surface area contributed by atoms with Crippen molar-refractivity contribution in [2.45, 2.75) is 378 Å². The molecule has 8 nitrogen and oxygen atoms in total. The highest BCUT2D eigenvalue weighted by Crippen LogP contribution is 2.46. The van der Waals surface area contributed by atoms with Gasteiger partial charge in [-0.1, -0.05) is 357 Å². The first-order chi connectivity index (χ1) is 38.1. The van der Waals surface area contributed by atoms with E-state index in [0.717, 1.165) is 87.8 Å². The van der Waals surface area contributed by atoms with Crippen LogP contribution in [0.2, 0.25) is 0 Å². The summed E-state index contributed by atoms with van der Waals surface area (Å²) >= 11 is 0. The summed E-state index contributed by atoms with van der Waals surface area (Å²) in [6.45, 7) is 9.08. The van der Waals surface area contributed by atoms with Gasteiger partial charge in [0.1, 0.15) is 12.1 Å². The normalized spacial score (nSPS) is 12.7. The molecule has 462 valence electrons. The Labute approximate surface area is 492 Å². The fourth-order valence-electron chi connectivity index (χ4n) is 11.6. The zero-order valence-corrected chi connectivity index (χ0v) is 54.3. The molecule has 0 heterocycles. The van der Waals surface area contributed by atoms with E-state index in [1.807, 2.05) is 0 Å². The van der Waals surface area contributed by atoms with Crippen molar-refractivity contribution in [1.29, 1.82) is 0 Å². The third-order valence-corrected chi connectivity index (χ3v) is 20.0. The molecule has 78 heavy (non-hydrogen) atoms. The van der Waals surface area contributed by atoms with Crippen LogP contribution in [-0.2, 0) is 28.7 Å². The first kappa shape index (κ1) is 76.9. The lowest BCUT2D eigenvalue weighted by Crippen LogP contribution is -2.63. The van der Waals surface area contributed by atoms with E-state index in [2.05, 4.69) is 27.7 Å². The number of carbonyl (C=O) groups excluding carboxylic acids is 4. The molecule has 4 N–H and O–H groups in total. The summed E-state index contributed by atoms with van der Waals surface area (Å²) in [7, 11) is 4.93. The zero-order chi connectivity index (χ0) is 57.4. The van der Waals surface area contributed by atoms with E-state index in [9.17, 15) is 9.59 Å². The highest BCUT2D eigenvalue weighted by atomic mass is 33.1. The lowest BCUT2D eigenvalue weighted by molar-refractivity contribution is -0.149. The number of esters is 2. The first-order valence-corrected chi connectivity index (χ1v) is 36.5. The van der Waals surface area contributed by atoms with E-state index in [-0.39, 0.29) is 17.3 Å². The van der Waals surface area contributed by atoms with Crippen LogP contribution in [0, 0.1) is 11.8 Å². The maximum atomic E-state index is 16.0. The first-order valence-electron chi connectivity index (χ1n) is 34.2. The number of Topliss-reactive ketones (excluding diaryl/α,β-unsaturated/α-hetero) is 2. The van der Waals surface area contributed by atoms with Crippen molar-refractivity contribution >= 4 is 45.1 Å². The monoisotopic (exact) mass is 1140 g/mol. The molecular formula is C68H132N2O6S2. The molecule has 0 radical (unpaired) electrons. The molecule has 0 aromatic heterocycles. The molecular weight excluding hydrogens is 1000 g/mol. The summed E-state index contributed by atoms with van der Waals surface area (Å²) < 4.78 is 8.49. The van der Waals surface area contributed by atoms with Gasteiger partial charge in [0.05, 0.1) is 14.2 Å². The molecule has 0 aromatic rings. The number of carbonyl (C=O) groups is 4. The number of hydrogen-bond donors (Lipinski definition) is 2. The largest absolute Gasteiger partial charge is 0.468 e. The van der Waals surface area contributed by atoms with Crippen molar-refractivity contribution < 1.29 is 28.7 Å². The van der Waals surface area contributed by atoms with Gasteiger partial charge in [-0.15, -0.1) is 0 Å². The number of rotatable bonds is 63. The molecule has 0 saturated carbocycles. The molecule has 0 fully saturated rings. The Balaban J connectivity index is 6.66. The number of nitrogens with two attached hydrogens (primary N) is 2. The molecule has 0 aliphatic rings. The molecule has 0 spiro atoms. The number of hydrogen-bond acceptors (Lipinski definition) is 10. The van der Waals surface area contributed by atoms with Gasteiger partial charge < -0.3 is 20.9 Å². The van der Waals surface area contributed by atoms with Gasteiger partial charge >= 0.3 is 11.9 Å². The van der Waals surface area contributed by atoms with Crippen LogP contribution in [0.3, 0.4) is 0 Å². The van der Waals surface area contributed by atoms with Gasteiger partial charge in [0.15, 0.2) is 16.3 Å². The molecule has 0 unspecified atom stereocenters. The minimum Gasteiger partial charge on any atom is -0.468 e. The summed E-state index contributed by atoms with van der Waals surface area (Å²) in [5, 5.41) is 0. The Kier molecular flexibility index (Phi) is 56.9. The van der Waals surface area contributed by atoms with Crippen LogP contribution < -0.4 is 11.5 Å². The van der Waals surface area contributed by atoms with Crippen LogP contribution in [0.4, 0.5) is 0 Å². The number of unbranched alkanes of at least 4 members (excludes halogenated alkanes) is 44. The van der Waals surface area contributed by atoms with Crippen LogP contribution in [0.5, 0.6) is 0 Å². The van der Waals surface area contributed by atoms with Crippen molar-refractivity contribution in [1.82, 2.24) is 0 Å². The van der Waals surface area contributed by atoms with Crippen molar-refractivity contribution in [3.63, 3.8) is 0 Å². The average molecular weight is 1140 g/mol. The molecule has 0 aliphatic carbocycles. The fourth-order valence-corrected chi connectivity index (χ4v) is 14.9. The van der Waals surface area contributed by atoms with Gasteiger partial charge in [-0.05, 0) is 25.7 Å². The van der Waals surface area contributed by atoms with Crippen LogP contribution in [-0.4, -0.2) is 60.3 Å². The van der Waals surface area contributed by atoms with Gasteiger partial charge in [-0.25, -0.2) is 0 Å². The third-order valence-electron chi connectivity index (χ3n) is 16.9. The highest BCUT2D eigenvalue weighted by molar-refractivity contribution is 8.77. The van der Waals surface area contributed by atoms with Gasteiger partial charge in [-0.2, -0.15) is 0 Å². The molecule has 0 bridgehead atoms. The van der Waals surface area contributed by atoms with Crippen LogP contribution in [0.15, 0.2) is 0 Å². The Morgan fingerprint density at radius 1 is 0.333 bits per heavy atom. The average Bonchev–Trinajstić information content (AvgIpc) is 3.56. The predicted octanol–water partition coefficient (Wildman–Crippen LogP) is 20.8. The van der Waals surface area contributed by atoms with Crippen molar-refractivity contribution in [2.75, 3.05) is 20.0 Å². The number of methoxy groups -OCH3 is 2. The minimum absolute atomic E-state index is 0.109. The van der Waals surface area contributed by atoms with E-state index < -0.39 is 40.6 Å². The SMILES string of the molecule is CCCCCCCCCCCCCCC(CCCCCCCCCCCCCC)C(=O)C(SSC[C@H](N)C(=O)OC)(C(=O)C(CCCCCCCCCCCCCC)CCCCCCCCCCCCCC)[C@H](N)C(=O)OC. The molecule has 0 amide bonds. The van der Waals surface area contributed by atoms with Crippen LogP contribution in [0.25, 0.3) is 0 Å². The van der Waals surface area contributed by atoms with Crippen LogP contribution in [0.1, 0.15) is 362 Å². The van der Waals surface area contributed by atoms with Crippen LogP contribution >= 0.6 is 21.6 Å². The Morgan fingerprint density at radius 2 is 0.538 bits per heavy atom. The molecule has 0 aliphatic heterocycles. The summed E-state index contributed by atoms with van der Waals surface area (Å²) in [6, 6.07) is -2.45. The van der Waals surface area contributed by atoms with Gasteiger partial charge in [0.2, 0.25) is 0 Å². The predicted molar refractivity (Wildman–Crippen MR) is 343 cm³/mol. The van der Waals surface area contributed by atoms with E-state index >= 15 is 9.59 Å². The van der Waals surface area contributed by atoms with E-state index in [4.69, 9.17) is 20.9 Å². The Hall–Kier alpha value is -1.10. The maximum Gasteiger partial charge on any atom is 0.325 e.